The lowest BCUT2D eigenvalue weighted by Gasteiger charge is -2.13. The van der Waals surface area contributed by atoms with Crippen LogP contribution >= 0.6 is 0 Å². The van der Waals surface area contributed by atoms with Crippen molar-refractivity contribution in [3.05, 3.63) is 29.3 Å². The van der Waals surface area contributed by atoms with Crippen molar-refractivity contribution in [3.63, 3.8) is 0 Å². The minimum absolute atomic E-state index is 0.466. The minimum atomic E-state index is 0.466. The molecule has 0 aliphatic heterocycles. The van der Waals surface area contributed by atoms with E-state index in [0.717, 1.165) is 29.8 Å². The SMILES string of the molecule is C#Cc1ccc(CN)c(OCCCN(C)C)c1. The highest BCUT2D eigenvalue weighted by molar-refractivity contribution is 5.43. The highest BCUT2D eigenvalue weighted by atomic mass is 16.5. The van der Waals surface area contributed by atoms with E-state index in [1.54, 1.807) is 0 Å². The molecule has 0 aliphatic carbocycles. The Bertz CT molecular complexity index is 394. The Labute approximate surface area is 104 Å². The van der Waals surface area contributed by atoms with Crippen LogP contribution in [0.5, 0.6) is 5.75 Å². The lowest BCUT2D eigenvalue weighted by atomic mass is 10.1. The topological polar surface area (TPSA) is 38.5 Å². The molecule has 1 aromatic rings. The summed E-state index contributed by atoms with van der Waals surface area (Å²) in [6, 6.07) is 5.68. The molecule has 1 aromatic carbocycles. The molecule has 17 heavy (non-hydrogen) atoms. The van der Waals surface area contributed by atoms with Crippen molar-refractivity contribution in [2.24, 2.45) is 5.73 Å². The average molecular weight is 232 g/mol. The lowest BCUT2D eigenvalue weighted by molar-refractivity contribution is 0.279. The van der Waals surface area contributed by atoms with Crippen molar-refractivity contribution in [2.75, 3.05) is 27.2 Å². The van der Waals surface area contributed by atoms with Gasteiger partial charge in [0, 0.05) is 24.2 Å². The maximum Gasteiger partial charge on any atom is 0.125 e. The summed E-state index contributed by atoms with van der Waals surface area (Å²) in [5, 5.41) is 0. The van der Waals surface area contributed by atoms with E-state index < -0.39 is 0 Å². The van der Waals surface area contributed by atoms with E-state index in [9.17, 15) is 0 Å². The summed E-state index contributed by atoms with van der Waals surface area (Å²) in [6.07, 6.45) is 6.34. The summed E-state index contributed by atoms with van der Waals surface area (Å²) in [4.78, 5) is 2.13. The molecule has 0 saturated carbocycles. The van der Waals surface area contributed by atoms with Gasteiger partial charge in [0.25, 0.3) is 0 Å². The van der Waals surface area contributed by atoms with Crippen LogP contribution in [0.1, 0.15) is 17.5 Å². The van der Waals surface area contributed by atoms with Crippen LogP contribution in [0.15, 0.2) is 18.2 Å². The van der Waals surface area contributed by atoms with E-state index in [2.05, 4.69) is 10.8 Å². The fourth-order valence-electron chi connectivity index (χ4n) is 1.51. The van der Waals surface area contributed by atoms with Crippen molar-refractivity contribution in [1.29, 1.82) is 0 Å². The first kappa shape index (κ1) is 13.6. The zero-order chi connectivity index (χ0) is 12.7. The van der Waals surface area contributed by atoms with Crippen molar-refractivity contribution < 1.29 is 4.74 Å². The van der Waals surface area contributed by atoms with Gasteiger partial charge in [-0.3, -0.25) is 0 Å². The molecule has 0 aliphatic rings. The molecule has 0 fully saturated rings. The molecule has 0 amide bonds. The number of hydrogen-bond acceptors (Lipinski definition) is 3. The third-order valence-electron chi connectivity index (χ3n) is 2.46. The molecule has 0 bridgehead atoms. The molecule has 0 radical (unpaired) electrons. The summed E-state index contributed by atoms with van der Waals surface area (Å²) in [5.74, 6) is 3.41. The standard InChI is InChI=1S/C14H20N2O/c1-4-12-6-7-13(11-15)14(10-12)17-9-5-8-16(2)3/h1,6-7,10H,5,8-9,11,15H2,2-3H3. The minimum Gasteiger partial charge on any atom is -0.493 e. The molecule has 0 unspecified atom stereocenters. The van der Waals surface area contributed by atoms with Crippen LogP contribution in [0.4, 0.5) is 0 Å². The first-order chi connectivity index (χ1) is 8.17. The third-order valence-corrected chi connectivity index (χ3v) is 2.46. The highest BCUT2D eigenvalue weighted by Crippen LogP contribution is 2.20. The van der Waals surface area contributed by atoms with Gasteiger partial charge in [0.1, 0.15) is 5.75 Å². The van der Waals surface area contributed by atoms with Crippen molar-refractivity contribution in [2.45, 2.75) is 13.0 Å². The van der Waals surface area contributed by atoms with Crippen LogP contribution in [0.2, 0.25) is 0 Å². The van der Waals surface area contributed by atoms with E-state index in [4.69, 9.17) is 16.9 Å². The van der Waals surface area contributed by atoms with Crippen LogP contribution in [0.25, 0.3) is 0 Å². The number of nitrogens with two attached hydrogens (primary N) is 1. The zero-order valence-electron chi connectivity index (χ0n) is 10.6. The van der Waals surface area contributed by atoms with Crippen LogP contribution in [-0.2, 0) is 6.54 Å². The Balaban J connectivity index is 2.59. The van der Waals surface area contributed by atoms with Crippen LogP contribution in [0.3, 0.4) is 0 Å². The number of ether oxygens (including phenoxy) is 1. The number of rotatable bonds is 6. The smallest absolute Gasteiger partial charge is 0.125 e. The molecular weight excluding hydrogens is 212 g/mol. The second-order valence-corrected chi connectivity index (χ2v) is 4.18. The van der Waals surface area contributed by atoms with Crippen molar-refractivity contribution in [3.8, 4) is 18.1 Å². The Morgan fingerprint density at radius 2 is 2.18 bits per heavy atom. The zero-order valence-corrected chi connectivity index (χ0v) is 10.6. The summed E-state index contributed by atoms with van der Waals surface area (Å²) in [7, 11) is 4.09. The number of terminal acetylenes is 1. The summed E-state index contributed by atoms with van der Waals surface area (Å²) in [6.45, 7) is 2.15. The van der Waals surface area contributed by atoms with Gasteiger partial charge < -0.3 is 15.4 Å². The second kappa shape index (κ2) is 6.95. The Morgan fingerprint density at radius 1 is 1.41 bits per heavy atom. The molecule has 1 rings (SSSR count). The van der Waals surface area contributed by atoms with Gasteiger partial charge in [-0.1, -0.05) is 12.0 Å². The molecule has 3 nitrogen and oxygen atoms in total. The quantitative estimate of drug-likeness (QED) is 0.596. The maximum atomic E-state index is 5.72. The number of nitrogens with zero attached hydrogens (tertiary/aromatic N) is 1. The molecule has 0 atom stereocenters. The summed E-state index contributed by atoms with van der Waals surface area (Å²) in [5.41, 5.74) is 7.47. The molecule has 0 spiro atoms. The van der Waals surface area contributed by atoms with Crippen molar-refractivity contribution in [1.82, 2.24) is 4.90 Å². The maximum absolute atomic E-state index is 5.72. The fourth-order valence-corrected chi connectivity index (χ4v) is 1.51. The lowest BCUT2D eigenvalue weighted by Crippen LogP contribution is -2.16. The predicted molar refractivity (Wildman–Crippen MR) is 70.9 cm³/mol. The molecule has 0 saturated heterocycles. The van der Waals surface area contributed by atoms with E-state index in [0.29, 0.717) is 13.2 Å². The average Bonchev–Trinajstić information content (AvgIpc) is 2.34. The molecule has 3 heteroatoms. The first-order valence-corrected chi connectivity index (χ1v) is 5.74. The first-order valence-electron chi connectivity index (χ1n) is 5.74. The molecule has 2 N–H and O–H groups in total. The fraction of sp³-hybridized carbons (Fsp3) is 0.429. The normalized spacial score (nSPS) is 10.3. The van der Waals surface area contributed by atoms with Gasteiger partial charge in [-0.05, 0) is 32.6 Å². The van der Waals surface area contributed by atoms with E-state index in [1.807, 2.05) is 32.3 Å². The summed E-state index contributed by atoms with van der Waals surface area (Å²) >= 11 is 0. The highest BCUT2D eigenvalue weighted by Gasteiger charge is 2.03. The summed E-state index contributed by atoms with van der Waals surface area (Å²) < 4.78 is 5.72. The molecule has 92 valence electrons. The van der Waals surface area contributed by atoms with E-state index in [-0.39, 0.29) is 0 Å². The molecule has 0 heterocycles. The second-order valence-electron chi connectivity index (χ2n) is 4.18. The van der Waals surface area contributed by atoms with Gasteiger partial charge in [-0.25, -0.2) is 0 Å². The number of benzene rings is 1. The van der Waals surface area contributed by atoms with Crippen LogP contribution < -0.4 is 10.5 Å². The Hall–Kier alpha value is -1.50. The number of hydrogen-bond donors (Lipinski definition) is 1. The van der Waals surface area contributed by atoms with Crippen LogP contribution in [-0.4, -0.2) is 32.1 Å². The van der Waals surface area contributed by atoms with Gasteiger partial charge in [0.15, 0.2) is 0 Å². The Kier molecular flexibility index (Phi) is 5.55. The van der Waals surface area contributed by atoms with Gasteiger partial charge in [-0.15, -0.1) is 6.42 Å². The van der Waals surface area contributed by atoms with E-state index in [1.165, 1.54) is 0 Å². The van der Waals surface area contributed by atoms with Gasteiger partial charge in [0.2, 0.25) is 0 Å². The third kappa shape index (κ3) is 4.48. The van der Waals surface area contributed by atoms with E-state index >= 15 is 0 Å². The molecule has 0 aromatic heterocycles. The Morgan fingerprint density at radius 3 is 2.76 bits per heavy atom. The van der Waals surface area contributed by atoms with Gasteiger partial charge in [-0.2, -0.15) is 0 Å². The molecular formula is C14H20N2O. The largest absolute Gasteiger partial charge is 0.493 e. The monoisotopic (exact) mass is 232 g/mol. The predicted octanol–water partition coefficient (Wildman–Crippen LogP) is 1.46. The van der Waals surface area contributed by atoms with Gasteiger partial charge >= 0.3 is 0 Å². The van der Waals surface area contributed by atoms with Crippen molar-refractivity contribution >= 4 is 0 Å². The van der Waals surface area contributed by atoms with Crippen LogP contribution in [0, 0.1) is 12.3 Å². The van der Waals surface area contributed by atoms with Gasteiger partial charge in [0.05, 0.1) is 6.61 Å².